The molecule has 0 aliphatic carbocycles. The lowest BCUT2D eigenvalue weighted by atomic mass is 9.93. The standard InChI is InChI=1S/C16H26N2O2/c1-12(14-7-5-9-18(2)11-14)20-16-13(10-17)6-4-8-15(16)19-3/h4,6,8,12,14H,5,7,9-11,17H2,1-3H3. The average molecular weight is 278 g/mol. The highest BCUT2D eigenvalue weighted by Gasteiger charge is 2.25. The molecule has 0 radical (unpaired) electrons. The highest BCUT2D eigenvalue weighted by Crippen LogP contribution is 2.33. The van der Waals surface area contributed by atoms with Gasteiger partial charge in [0.25, 0.3) is 0 Å². The molecule has 0 aromatic heterocycles. The number of piperidine rings is 1. The number of nitrogens with two attached hydrogens (primary N) is 1. The maximum Gasteiger partial charge on any atom is 0.166 e. The van der Waals surface area contributed by atoms with Crippen LogP contribution in [0.25, 0.3) is 0 Å². The quantitative estimate of drug-likeness (QED) is 0.897. The van der Waals surface area contributed by atoms with Crippen LogP contribution in [0.3, 0.4) is 0 Å². The van der Waals surface area contributed by atoms with Crippen LogP contribution < -0.4 is 15.2 Å². The van der Waals surface area contributed by atoms with E-state index in [0.29, 0.717) is 12.5 Å². The van der Waals surface area contributed by atoms with E-state index in [9.17, 15) is 0 Å². The fourth-order valence-corrected chi connectivity index (χ4v) is 2.89. The number of hydrogen-bond acceptors (Lipinski definition) is 4. The number of rotatable bonds is 5. The molecule has 1 aliphatic heterocycles. The van der Waals surface area contributed by atoms with Crippen LogP contribution in [-0.2, 0) is 6.54 Å². The molecule has 112 valence electrons. The Morgan fingerprint density at radius 1 is 1.45 bits per heavy atom. The van der Waals surface area contributed by atoms with Crippen molar-refractivity contribution in [2.45, 2.75) is 32.4 Å². The van der Waals surface area contributed by atoms with E-state index in [1.807, 2.05) is 18.2 Å². The maximum absolute atomic E-state index is 6.21. The van der Waals surface area contributed by atoms with Crippen LogP contribution in [0.1, 0.15) is 25.3 Å². The molecule has 0 bridgehead atoms. The summed E-state index contributed by atoms with van der Waals surface area (Å²) in [5, 5.41) is 0. The molecule has 1 heterocycles. The molecule has 1 aromatic carbocycles. The molecule has 2 rings (SSSR count). The first kappa shape index (κ1) is 15.1. The van der Waals surface area contributed by atoms with Crippen LogP contribution in [0.15, 0.2) is 18.2 Å². The summed E-state index contributed by atoms with van der Waals surface area (Å²) in [4.78, 5) is 2.38. The number of ether oxygens (including phenoxy) is 2. The van der Waals surface area contributed by atoms with Gasteiger partial charge in [-0.05, 0) is 39.4 Å². The molecule has 0 spiro atoms. The van der Waals surface area contributed by atoms with E-state index in [2.05, 4.69) is 18.9 Å². The second-order valence-corrected chi connectivity index (χ2v) is 5.64. The average Bonchev–Trinajstić information content (AvgIpc) is 2.47. The van der Waals surface area contributed by atoms with Gasteiger partial charge in [-0.3, -0.25) is 0 Å². The lowest BCUT2D eigenvalue weighted by Gasteiger charge is -2.34. The second kappa shape index (κ2) is 6.95. The first-order chi connectivity index (χ1) is 9.65. The predicted octanol–water partition coefficient (Wildman–Crippen LogP) is 2.26. The van der Waals surface area contributed by atoms with Crippen molar-refractivity contribution in [1.82, 2.24) is 4.90 Å². The van der Waals surface area contributed by atoms with Crippen LogP contribution in [-0.4, -0.2) is 38.3 Å². The fourth-order valence-electron chi connectivity index (χ4n) is 2.89. The Bertz CT molecular complexity index is 414. The summed E-state index contributed by atoms with van der Waals surface area (Å²) in [5.41, 5.74) is 6.81. The van der Waals surface area contributed by atoms with Gasteiger partial charge in [-0.15, -0.1) is 0 Å². The Labute approximate surface area is 121 Å². The molecule has 2 atom stereocenters. The van der Waals surface area contributed by atoms with Gasteiger partial charge in [-0.2, -0.15) is 0 Å². The molecule has 1 aromatic rings. The molecule has 0 amide bonds. The summed E-state index contributed by atoms with van der Waals surface area (Å²) in [6.45, 7) is 4.89. The van der Waals surface area contributed by atoms with Crippen molar-refractivity contribution in [3.8, 4) is 11.5 Å². The van der Waals surface area contributed by atoms with E-state index in [1.165, 1.54) is 19.4 Å². The van der Waals surface area contributed by atoms with E-state index < -0.39 is 0 Å². The highest BCUT2D eigenvalue weighted by molar-refractivity contribution is 5.46. The zero-order chi connectivity index (χ0) is 14.5. The van der Waals surface area contributed by atoms with Gasteiger partial charge < -0.3 is 20.1 Å². The number of nitrogens with zero attached hydrogens (tertiary/aromatic N) is 1. The third kappa shape index (κ3) is 3.44. The van der Waals surface area contributed by atoms with Crippen LogP contribution in [0, 0.1) is 5.92 Å². The largest absolute Gasteiger partial charge is 0.493 e. The SMILES string of the molecule is COc1cccc(CN)c1OC(C)C1CCCN(C)C1. The monoisotopic (exact) mass is 278 g/mol. The van der Waals surface area contributed by atoms with E-state index in [4.69, 9.17) is 15.2 Å². The van der Waals surface area contributed by atoms with Crippen molar-refractivity contribution in [1.29, 1.82) is 0 Å². The Balaban J connectivity index is 2.12. The van der Waals surface area contributed by atoms with E-state index in [0.717, 1.165) is 23.6 Å². The normalized spacial score (nSPS) is 21.5. The number of para-hydroxylation sites is 1. The number of benzene rings is 1. The molecule has 1 saturated heterocycles. The van der Waals surface area contributed by atoms with Gasteiger partial charge in [0.05, 0.1) is 7.11 Å². The fraction of sp³-hybridized carbons (Fsp3) is 0.625. The van der Waals surface area contributed by atoms with Crippen LogP contribution in [0.4, 0.5) is 0 Å². The van der Waals surface area contributed by atoms with Gasteiger partial charge in [-0.1, -0.05) is 12.1 Å². The topological polar surface area (TPSA) is 47.7 Å². The van der Waals surface area contributed by atoms with Gasteiger partial charge in [0.2, 0.25) is 0 Å². The summed E-state index contributed by atoms with van der Waals surface area (Å²) in [5.74, 6) is 2.13. The first-order valence-electron chi connectivity index (χ1n) is 7.36. The minimum atomic E-state index is 0.166. The molecule has 0 saturated carbocycles. The third-order valence-corrected chi connectivity index (χ3v) is 4.13. The molecular formula is C16H26N2O2. The molecule has 1 fully saturated rings. The molecule has 2 N–H and O–H groups in total. The Morgan fingerprint density at radius 3 is 2.90 bits per heavy atom. The molecule has 1 aliphatic rings. The minimum Gasteiger partial charge on any atom is -0.493 e. The number of methoxy groups -OCH3 is 1. The molecule has 20 heavy (non-hydrogen) atoms. The minimum absolute atomic E-state index is 0.166. The molecule has 4 heteroatoms. The third-order valence-electron chi connectivity index (χ3n) is 4.13. The summed E-state index contributed by atoms with van der Waals surface area (Å²) in [6.07, 6.45) is 2.63. The zero-order valence-electron chi connectivity index (χ0n) is 12.8. The van der Waals surface area contributed by atoms with Crippen molar-refractivity contribution in [2.24, 2.45) is 11.7 Å². The molecule has 2 unspecified atom stereocenters. The van der Waals surface area contributed by atoms with Crippen molar-refractivity contribution in [3.05, 3.63) is 23.8 Å². The van der Waals surface area contributed by atoms with Gasteiger partial charge >= 0.3 is 0 Å². The molecule has 4 nitrogen and oxygen atoms in total. The lowest BCUT2D eigenvalue weighted by molar-refractivity contribution is 0.0870. The zero-order valence-corrected chi connectivity index (χ0v) is 12.8. The molecular weight excluding hydrogens is 252 g/mol. The van der Waals surface area contributed by atoms with Gasteiger partial charge in [0.15, 0.2) is 11.5 Å². The Hall–Kier alpha value is -1.26. The summed E-state index contributed by atoms with van der Waals surface area (Å²) in [7, 11) is 3.84. The Morgan fingerprint density at radius 2 is 2.25 bits per heavy atom. The van der Waals surface area contributed by atoms with Crippen LogP contribution in [0.5, 0.6) is 11.5 Å². The summed E-state index contributed by atoms with van der Waals surface area (Å²) in [6, 6.07) is 5.87. The van der Waals surface area contributed by atoms with E-state index >= 15 is 0 Å². The smallest absolute Gasteiger partial charge is 0.166 e. The van der Waals surface area contributed by atoms with Crippen molar-refractivity contribution in [3.63, 3.8) is 0 Å². The van der Waals surface area contributed by atoms with E-state index in [1.54, 1.807) is 7.11 Å². The first-order valence-corrected chi connectivity index (χ1v) is 7.36. The highest BCUT2D eigenvalue weighted by atomic mass is 16.5. The van der Waals surface area contributed by atoms with Crippen LogP contribution in [0.2, 0.25) is 0 Å². The van der Waals surface area contributed by atoms with Crippen molar-refractivity contribution >= 4 is 0 Å². The maximum atomic E-state index is 6.21. The van der Waals surface area contributed by atoms with Gasteiger partial charge in [0.1, 0.15) is 6.10 Å². The van der Waals surface area contributed by atoms with Crippen LogP contribution >= 0.6 is 0 Å². The van der Waals surface area contributed by atoms with Gasteiger partial charge in [-0.25, -0.2) is 0 Å². The number of likely N-dealkylation sites (tertiary alicyclic amines) is 1. The van der Waals surface area contributed by atoms with E-state index in [-0.39, 0.29) is 6.10 Å². The summed E-state index contributed by atoms with van der Waals surface area (Å²) < 4.78 is 11.6. The Kier molecular flexibility index (Phi) is 5.26. The predicted molar refractivity (Wildman–Crippen MR) is 81.2 cm³/mol. The summed E-state index contributed by atoms with van der Waals surface area (Å²) >= 11 is 0. The lowest BCUT2D eigenvalue weighted by Crippen LogP contribution is -2.39. The van der Waals surface area contributed by atoms with Gasteiger partial charge in [0, 0.05) is 24.6 Å². The van der Waals surface area contributed by atoms with Crippen molar-refractivity contribution in [2.75, 3.05) is 27.2 Å². The van der Waals surface area contributed by atoms with Crippen molar-refractivity contribution < 1.29 is 9.47 Å². The second-order valence-electron chi connectivity index (χ2n) is 5.64. The number of hydrogen-bond donors (Lipinski definition) is 1.